The van der Waals surface area contributed by atoms with Gasteiger partial charge in [-0.15, -0.1) is 0 Å². The summed E-state index contributed by atoms with van der Waals surface area (Å²) in [6.45, 7) is 6.16. The van der Waals surface area contributed by atoms with E-state index >= 15 is 0 Å². The van der Waals surface area contributed by atoms with Gasteiger partial charge in [0, 0.05) is 18.7 Å². The van der Waals surface area contributed by atoms with E-state index < -0.39 is 0 Å². The topological polar surface area (TPSA) is 89.8 Å². The number of aromatic nitrogens is 2. The Morgan fingerprint density at radius 3 is 2.29 bits per heavy atom. The predicted octanol–water partition coefficient (Wildman–Crippen LogP) is 3.33. The van der Waals surface area contributed by atoms with Crippen LogP contribution in [0.15, 0.2) is 41.4 Å². The lowest BCUT2D eigenvalue weighted by Crippen LogP contribution is -2.28. The van der Waals surface area contributed by atoms with Crippen molar-refractivity contribution in [1.82, 2.24) is 15.0 Å². The minimum Gasteiger partial charge on any atom is -0.493 e. The number of aryl methyl sites for hydroxylation is 3. The van der Waals surface area contributed by atoms with Gasteiger partial charge >= 0.3 is 0 Å². The van der Waals surface area contributed by atoms with Gasteiger partial charge in [-0.05, 0) is 50.1 Å². The summed E-state index contributed by atoms with van der Waals surface area (Å²) < 4.78 is 12.5. The van der Waals surface area contributed by atoms with Gasteiger partial charge in [-0.25, -0.2) is 9.98 Å². The molecule has 3 rings (SSSR count). The minimum atomic E-state index is 0.431. The van der Waals surface area contributed by atoms with E-state index in [0.717, 1.165) is 22.4 Å². The average Bonchev–Trinajstić information content (AvgIpc) is 2.75. The second kappa shape index (κ2) is 9.34. The Balaban J connectivity index is 2.24. The van der Waals surface area contributed by atoms with Crippen molar-refractivity contribution in [3.8, 4) is 22.8 Å². The normalized spacial score (nSPS) is 11.2. The second-order valence-corrected chi connectivity index (χ2v) is 7.20. The minimum absolute atomic E-state index is 0.431. The number of carbonyl (C=O) groups excluding carboxylic acids is 1. The van der Waals surface area contributed by atoms with E-state index in [-0.39, 0.29) is 0 Å². The van der Waals surface area contributed by atoms with Crippen LogP contribution < -0.4 is 25.8 Å². The number of nitrogens with one attached hydrogen (secondary N) is 2. The SMILES string of the molecule is COc1ccc(-c2cc(=Nc3c(C)cc(C)cc3C)n(C)c(NNC=O)n2)cc1OC. The van der Waals surface area contributed by atoms with Crippen molar-refractivity contribution in [2.24, 2.45) is 12.0 Å². The third-order valence-corrected chi connectivity index (χ3v) is 4.94. The van der Waals surface area contributed by atoms with Crippen LogP contribution in [0, 0.1) is 20.8 Å². The van der Waals surface area contributed by atoms with E-state index in [1.54, 1.807) is 18.8 Å². The third kappa shape index (κ3) is 4.69. The molecule has 0 saturated heterocycles. The van der Waals surface area contributed by atoms with E-state index in [4.69, 9.17) is 14.5 Å². The Morgan fingerprint density at radius 1 is 1.00 bits per heavy atom. The van der Waals surface area contributed by atoms with Crippen molar-refractivity contribution < 1.29 is 14.3 Å². The van der Waals surface area contributed by atoms with Gasteiger partial charge in [-0.3, -0.25) is 20.2 Å². The number of hydrazine groups is 1. The van der Waals surface area contributed by atoms with Crippen molar-refractivity contribution in [1.29, 1.82) is 0 Å². The number of rotatable bonds is 7. The van der Waals surface area contributed by atoms with Crippen LogP contribution in [0.2, 0.25) is 0 Å². The highest BCUT2D eigenvalue weighted by Gasteiger charge is 2.11. The number of nitrogens with zero attached hydrogens (tertiary/aromatic N) is 3. The maximum Gasteiger partial charge on any atom is 0.225 e. The van der Waals surface area contributed by atoms with E-state index in [9.17, 15) is 4.79 Å². The summed E-state index contributed by atoms with van der Waals surface area (Å²) in [4.78, 5) is 20.4. The van der Waals surface area contributed by atoms with Gasteiger partial charge in [0.2, 0.25) is 12.4 Å². The van der Waals surface area contributed by atoms with Gasteiger partial charge in [0.05, 0.1) is 25.6 Å². The molecule has 0 aliphatic rings. The molecule has 2 N–H and O–H groups in total. The summed E-state index contributed by atoms with van der Waals surface area (Å²) in [7, 11) is 5.01. The van der Waals surface area contributed by atoms with Crippen molar-refractivity contribution in [2.45, 2.75) is 20.8 Å². The Hall–Kier alpha value is -3.81. The molecule has 0 aliphatic heterocycles. The Bertz CT molecular complexity index is 1160. The molecule has 0 atom stereocenters. The molecule has 0 saturated carbocycles. The van der Waals surface area contributed by atoms with E-state index in [0.29, 0.717) is 35.0 Å². The van der Waals surface area contributed by atoms with Gasteiger partial charge in [0.25, 0.3) is 0 Å². The molecule has 0 radical (unpaired) electrons. The van der Waals surface area contributed by atoms with E-state index in [2.05, 4.69) is 34.9 Å². The molecule has 0 aliphatic carbocycles. The van der Waals surface area contributed by atoms with Crippen molar-refractivity contribution >= 4 is 18.0 Å². The number of anilines is 1. The first-order chi connectivity index (χ1) is 14.9. The molecule has 31 heavy (non-hydrogen) atoms. The van der Waals surface area contributed by atoms with Crippen LogP contribution in [-0.4, -0.2) is 30.2 Å². The first-order valence-electron chi connectivity index (χ1n) is 9.76. The molecular weight excluding hydrogens is 394 g/mol. The fourth-order valence-electron chi connectivity index (χ4n) is 3.47. The summed E-state index contributed by atoms with van der Waals surface area (Å²) in [5.41, 5.74) is 11.7. The smallest absolute Gasteiger partial charge is 0.225 e. The van der Waals surface area contributed by atoms with E-state index in [1.165, 1.54) is 5.56 Å². The standard InChI is InChI=1S/C23H27N5O3/c1-14-9-15(2)22(16(3)10-14)26-21-12-18(25-23(28(21)4)27-24-13-29)17-7-8-19(30-5)20(11-17)31-6/h7-13H,1-6H3,(H,24,29)(H,25,27). The van der Waals surface area contributed by atoms with E-state index in [1.807, 2.05) is 45.2 Å². The molecule has 0 spiro atoms. The molecule has 162 valence electrons. The fourth-order valence-corrected chi connectivity index (χ4v) is 3.47. The Kier molecular flexibility index (Phi) is 6.59. The van der Waals surface area contributed by atoms with Gasteiger partial charge in [0.15, 0.2) is 11.5 Å². The molecule has 1 aromatic heterocycles. The van der Waals surface area contributed by atoms with Gasteiger partial charge in [-0.2, -0.15) is 0 Å². The highest BCUT2D eigenvalue weighted by molar-refractivity contribution is 5.65. The van der Waals surface area contributed by atoms with Crippen LogP contribution in [0.4, 0.5) is 11.6 Å². The molecule has 0 unspecified atom stereocenters. The maximum atomic E-state index is 10.8. The van der Waals surface area contributed by atoms with Crippen LogP contribution >= 0.6 is 0 Å². The number of methoxy groups -OCH3 is 2. The number of hydrogen-bond donors (Lipinski definition) is 2. The number of ether oxygens (including phenoxy) is 2. The van der Waals surface area contributed by atoms with Crippen molar-refractivity contribution in [2.75, 3.05) is 19.6 Å². The first-order valence-corrected chi connectivity index (χ1v) is 9.76. The molecule has 0 fully saturated rings. The first kappa shape index (κ1) is 21.9. The molecule has 1 amide bonds. The second-order valence-electron chi connectivity index (χ2n) is 7.20. The monoisotopic (exact) mass is 421 g/mol. The van der Waals surface area contributed by atoms with Crippen LogP contribution in [0.1, 0.15) is 16.7 Å². The number of benzene rings is 2. The summed E-state index contributed by atoms with van der Waals surface area (Å²) in [5, 5.41) is 0. The quantitative estimate of drug-likeness (QED) is 0.451. The average molecular weight is 422 g/mol. The highest BCUT2D eigenvalue weighted by Crippen LogP contribution is 2.31. The third-order valence-electron chi connectivity index (χ3n) is 4.94. The van der Waals surface area contributed by atoms with Crippen LogP contribution in [0.25, 0.3) is 11.3 Å². The Morgan fingerprint density at radius 2 is 1.68 bits per heavy atom. The summed E-state index contributed by atoms with van der Waals surface area (Å²) in [5.74, 6) is 1.66. The van der Waals surface area contributed by atoms with Crippen LogP contribution in [0.5, 0.6) is 11.5 Å². The molecule has 0 bridgehead atoms. The molecule has 2 aromatic carbocycles. The van der Waals surface area contributed by atoms with Crippen LogP contribution in [-0.2, 0) is 11.8 Å². The van der Waals surface area contributed by atoms with Gasteiger partial charge in [-0.1, -0.05) is 17.7 Å². The lowest BCUT2D eigenvalue weighted by molar-refractivity contribution is -0.109. The van der Waals surface area contributed by atoms with Crippen molar-refractivity contribution in [3.63, 3.8) is 0 Å². The lowest BCUT2D eigenvalue weighted by Gasteiger charge is -2.14. The largest absolute Gasteiger partial charge is 0.493 e. The van der Waals surface area contributed by atoms with Gasteiger partial charge < -0.3 is 9.47 Å². The number of carbonyl (C=O) groups is 1. The molecule has 8 heteroatoms. The van der Waals surface area contributed by atoms with Crippen molar-refractivity contribution in [3.05, 3.63) is 58.6 Å². The summed E-state index contributed by atoms with van der Waals surface area (Å²) >= 11 is 0. The summed E-state index contributed by atoms with van der Waals surface area (Å²) in [6, 6.07) is 11.7. The number of amides is 1. The number of hydrogen-bond acceptors (Lipinski definition) is 6. The summed E-state index contributed by atoms with van der Waals surface area (Å²) in [6.07, 6.45) is 0.551. The molecule has 3 aromatic rings. The fraction of sp³-hybridized carbons (Fsp3) is 0.261. The highest BCUT2D eigenvalue weighted by atomic mass is 16.5. The molecular formula is C23H27N5O3. The zero-order chi connectivity index (χ0) is 22.5. The molecule has 8 nitrogen and oxygen atoms in total. The van der Waals surface area contributed by atoms with Gasteiger partial charge in [0.1, 0.15) is 5.49 Å². The lowest BCUT2D eigenvalue weighted by atomic mass is 10.1. The maximum absolute atomic E-state index is 10.8. The predicted molar refractivity (Wildman–Crippen MR) is 120 cm³/mol. The molecule has 1 heterocycles. The Labute approximate surface area is 181 Å². The zero-order valence-electron chi connectivity index (χ0n) is 18.6. The zero-order valence-corrected chi connectivity index (χ0v) is 18.6. The van der Waals surface area contributed by atoms with Crippen LogP contribution in [0.3, 0.4) is 0 Å².